The minimum Gasteiger partial charge on any atom is -0.462 e. The molecule has 0 N–H and O–H groups in total. The van der Waals surface area contributed by atoms with Crippen molar-refractivity contribution >= 4 is 17.9 Å². The van der Waals surface area contributed by atoms with Crippen LogP contribution in [0.4, 0.5) is 0 Å². The second-order valence-corrected chi connectivity index (χ2v) is 19.9. The lowest BCUT2D eigenvalue weighted by molar-refractivity contribution is -0.167. The fourth-order valence-electron chi connectivity index (χ4n) is 8.65. The molecule has 0 saturated carbocycles. The topological polar surface area (TPSA) is 78.9 Å². The third-order valence-electron chi connectivity index (χ3n) is 13.1. The van der Waals surface area contributed by atoms with Crippen LogP contribution < -0.4 is 0 Å². The Kier molecular flexibility index (Phi) is 54.2. The quantitative estimate of drug-likeness (QED) is 0.0262. The van der Waals surface area contributed by atoms with Crippen LogP contribution in [0, 0.1) is 0 Å². The van der Waals surface area contributed by atoms with Crippen LogP contribution >= 0.6 is 0 Å². The maximum absolute atomic E-state index is 12.9. The summed E-state index contributed by atoms with van der Waals surface area (Å²) in [4.78, 5) is 38.2. The van der Waals surface area contributed by atoms with E-state index < -0.39 is 6.10 Å². The highest BCUT2D eigenvalue weighted by molar-refractivity contribution is 5.71. The molecule has 67 heavy (non-hydrogen) atoms. The Morgan fingerprint density at radius 3 is 0.881 bits per heavy atom. The first-order valence-electron chi connectivity index (χ1n) is 29.5. The Bertz CT molecular complexity index is 1130. The van der Waals surface area contributed by atoms with Crippen LogP contribution in [0.1, 0.15) is 316 Å². The maximum atomic E-state index is 12.9. The molecule has 0 aromatic heterocycles. The molecule has 0 saturated heterocycles. The van der Waals surface area contributed by atoms with E-state index in [1.807, 2.05) is 0 Å². The molecule has 0 rings (SSSR count). The Labute approximate surface area is 416 Å². The molecule has 1 atom stereocenters. The van der Waals surface area contributed by atoms with Crippen LogP contribution in [0.25, 0.3) is 0 Å². The maximum Gasteiger partial charge on any atom is 0.306 e. The average molecular weight is 942 g/mol. The number of ether oxygens (including phenoxy) is 3. The number of carbonyl (C=O) groups is 3. The number of hydrogen-bond donors (Lipinski definition) is 0. The molecule has 0 aliphatic rings. The molecule has 0 radical (unpaired) electrons. The summed E-state index contributed by atoms with van der Waals surface area (Å²) < 4.78 is 16.9. The normalized spacial score (nSPS) is 12.2. The molecule has 6 heteroatoms. The van der Waals surface area contributed by atoms with E-state index in [1.54, 1.807) is 0 Å². The molecule has 0 aromatic rings. The molecule has 0 unspecified atom stereocenters. The van der Waals surface area contributed by atoms with Crippen LogP contribution in [-0.2, 0) is 28.6 Å². The Morgan fingerprint density at radius 1 is 0.299 bits per heavy atom. The van der Waals surface area contributed by atoms with Gasteiger partial charge in [-0.05, 0) is 77.0 Å². The Balaban J connectivity index is 4.33. The van der Waals surface area contributed by atoms with Gasteiger partial charge in [-0.15, -0.1) is 0 Å². The highest BCUT2D eigenvalue weighted by atomic mass is 16.6. The van der Waals surface area contributed by atoms with E-state index in [0.717, 1.165) is 77.0 Å². The summed E-state index contributed by atoms with van der Waals surface area (Å²) >= 11 is 0. The van der Waals surface area contributed by atoms with Crippen molar-refractivity contribution in [3.05, 3.63) is 36.5 Å². The van der Waals surface area contributed by atoms with Gasteiger partial charge < -0.3 is 14.2 Å². The lowest BCUT2D eigenvalue weighted by Crippen LogP contribution is -2.30. The third-order valence-corrected chi connectivity index (χ3v) is 13.1. The fraction of sp³-hybridized carbons (Fsp3) is 0.852. The summed E-state index contributed by atoms with van der Waals surface area (Å²) in [5, 5.41) is 0. The average Bonchev–Trinajstić information content (AvgIpc) is 3.33. The largest absolute Gasteiger partial charge is 0.462 e. The minimum absolute atomic E-state index is 0.0743. The van der Waals surface area contributed by atoms with Crippen LogP contribution in [0.15, 0.2) is 36.5 Å². The van der Waals surface area contributed by atoms with Gasteiger partial charge >= 0.3 is 17.9 Å². The van der Waals surface area contributed by atoms with Crippen molar-refractivity contribution in [1.29, 1.82) is 0 Å². The minimum atomic E-state index is -0.777. The lowest BCUT2D eigenvalue weighted by Gasteiger charge is -2.18. The molecule has 392 valence electrons. The van der Waals surface area contributed by atoms with Crippen molar-refractivity contribution in [2.75, 3.05) is 13.2 Å². The van der Waals surface area contributed by atoms with Gasteiger partial charge in [-0.2, -0.15) is 0 Å². The molecule has 0 aliphatic heterocycles. The summed E-state index contributed by atoms with van der Waals surface area (Å²) in [6.07, 6.45) is 67.0. The van der Waals surface area contributed by atoms with Crippen molar-refractivity contribution in [2.45, 2.75) is 322 Å². The summed E-state index contributed by atoms with van der Waals surface area (Å²) in [6, 6.07) is 0. The number of carbonyl (C=O) groups excluding carboxylic acids is 3. The van der Waals surface area contributed by atoms with Gasteiger partial charge in [0.2, 0.25) is 0 Å². The van der Waals surface area contributed by atoms with E-state index in [2.05, 4.69) is 57.2 Å². The van der Waals surface area contributed by atoms with Crippen LogP contribution in [0.3, 0.4) is 0 Å². The van der Waals surface area contributed by atoms with Crippen LogP contribution in [-0.4, -0.2) is 37.2 Å². The molecule has 0 aromatic carbocycles. The van der Waals surface area contributed by atoms with Gasteiger partial charge in [0.05, 0.1) is 0 Å². The van der Waals surface area contributed by atoms with Gasteiger partial charge in [-0.1, -0.05) is 256 Å². The molecule has 6 nitrogen and oxygen atoms in total. The molecule has 0 fully saturated rings. The second-order valence-electron chi connectivity index (χ2n) is 19.9. The first-order chi connectivity index (χ1) is 33.0. The van der Waals surface area contributed by atoms with E-state index in [9.17, 15) is 14.4 Å². The lowest BCUT2D eigenvalue weighted by atomic mass is 10.0. The van der Waals surface area contributed by atoms with Gasteiger partial charge in [-0.25, -0.2) is 0 Å². The molecule has 0 aliphatic carbocycles. The van der Waals surface area contributed by atoms with E-state index >= 15 is 0 Å². The van der Waals surface area contributed by atoms with Gasteiger partial charge in [0.15, 0.2) is 6.10 Å². The Morgan fingerprint density at radius 2 is 0.537 bits per heavy atom. The first-order valence-corrected chi connectivity index (χ1v) is 29.5. The predicted molar refractivity (Wildman–Crippen MR) is 289 cm³/mol. The van der Waals surface area contributed by atoms with Gasteiger partial charge in [0.1, 0.15) is 13.2 Å². The second kappa shape index (κ2) is 56.2. The summed E-state index contributed by atoms with van der Waals surface area (Å²) in [5.41, 5.74) is 0. The van der Waals surface area contributed by atoms with Gasteiger partial charge in [-0.3, -0.25) is 14.4 Å². The standard InChI is InChI=1S/C61H112O6/c1-4-7-10-13-16-19-22-25-27-29-30-32-33-36-39-42-45-48-51-54-60(63)66-57-58(56-65-59(62)53-50-47-44-41-38-35-24-21-18-15-12-9-6-3)67-61(64)55-52-49-46-43-40-37-34-31-28-26-23-20-17-14-11-8-5-2/h17,20-21,24,26,28,58H,4-16,18-19,22-23,25,27,29-57H2,1-3H3/b20-17-,24-21-,28-26-/t58-/m1/s1. The zero-order valence-corrected chi connectivity index (χ0v) is 44.9. The van der Waals surface area contributed by atoms with E-state index in [-0.39, 0.29) is 31.1 Å². The molecule has 0 amide bonds. The third kappa shape index (κ3) is 54.4. The fourth-order valence-corrected chi connectivity index (χ4v) is 8.65. The molecule has 0 bridgehead atoms. The Hall–Kier alpha value is -2.37. The summed E-state index contributed by atoms with van der Waals surface area (Å²) in [7, 11) is 0. The number of esters is 3. The van der Waals surface area contributed by atoms with Crippen molar-refractivity contribution in [3.63, 3.8) is 0 Å². The highest BCUT2D eigenvalue weighted by Gasteiger charge is 2.19. The SMILES string of the molecule is CCCCC/C=C\C/C=C\CCCCCCCCCC(=O)O[C@H](COC(=O)CCCCCCC/C=C\CCCCCC)COC(=O)CCCCCCCCCCCCCCCCCCCCC. The van der Waals surface area contributed by atoms with Crippen molar-refractivity contribution in [2.24, 2.45) is 0 Å². The van der Waals surface area contributed by atoms with Crippen molar-refractivity contribution in [1.82, 2.24) is 0 Å². The predicted octanol–water partition coefficient (Wildman–Crippen LogP) is 19.7. The highest BCUT2D eigenvalue weighted by Crippen LogP contribution is 2.17. The number of hydrogen-bond acceptors (Lipinski definition) is 6. The van der Waals surface area contributed by atoms with Crippen LogP contribution in [0.5, 0.6) is 0 Å². The molecule has 0 heterocycles. The molecular weight excluding hydrogens is 829 g/mol. The summed E-state index contributed by atoms with van der Waals surface area (Å²) in [5.74, 6) is -0.873. The first kappa shape index (κ1) is 64.6. The van der Waals surface area contributed by atoms with E-state index in [4.69, 9.17) is 14.2 Å². The zero-order chi connectivity index (χ0) is 48.6. The van der Waals surface area contributed by atoms with Crippen molar-refractivity contribution in [3.8, 4) is 0 Å². The van der Waals surface area contributed by atoms with Gasteiger partial charge in [0, 0.05) is 19.3 Å². The monoisotopic (exact) mass is 941 g/mol. The van der Waals surface area contributed by atoms with Crippen LogP contribution in [0.2, 0.25) is 0 Å². The number of rotatable bonds is 54. The van der Waals surface area contributed by atoms with Crippen molar-refractivity contribution < 1.29 is 28.6 Å². The van der Waals surface area contributed by atoms with E-state index in [0.29, 0.717) is 19.3 Å². The zero-order valence-electron chi connectivity index (χ0n) is 44.9. The number of allylic oxidation sites excluding steroid dienone is 6. The van der Waals surface area contributed by atoms with Gasteiger partial charge in [0.25, 0.3) is 0 Å². The molecule has 0 spiro atoms. The summed E-state index contributed by atoms with van der Waals surface area (Å²) in [6.45, 7) is 6.63. The number of unbranched alkanes of at least 4 members (excludes halogenated alkanes) is 37. The smallest absolute Gasteiger partial charge is 0.306 e. The van der Waals surface area contributed by atoms with E-state index in [1.165, 1.54) is 199 Å². The molecular formula is C61H112O6.